The lowest BCUT2D eigenvalue weighted by atomic mass is 10.3. The number of nitrogen functional groups attached to an aromatic ring is 2. The summed E-state index contributed by atoms with van der Waals surface area (Å²) in [5.74, 6) is 0.277. The van der Waals surface area contributed by atoms with Crippen LogP contribution >= 0.6 is 11.3 Å². The molecule has 0 saturated heterocycles. The summed E-state index contributed by atoms with van der Waals surface area (Å²) in [6.07, 6.45) is 2.96. The average Bonchev–Trinajstić information content (AvgIpc) is 3.05. The van der Waals surface area contributed by atoms with Crippen LogP contribution in [0.1, 0.15) is 5.56 Å². The first-order chi connectivity index (χ1) is 9.70. The lowest BCUT2D eigenvalue weighted by Gasteiger charge is -1.98. The van der Waals surface area contributed by atoms with Crippen LogP contribution in [0.25, 0.3) is 5.65 Å². The predicted molar refractivity (Wildman–Crippen MR) is 72.8 cm³/mol. The third-order valence-corrected chi connectivity index (χ3v) is 3.11. The van der Waals surface area contributed by atoms with Gasteiger partial charge in [0, 0.05) is 11.6 Å². The zero-order valence-corrected chi connectivity index (χ0v) is 10.7. The van der Waals surface area contributed by atoms with Gasteiger partial charge in [-0.25, -0.2) is 9.97 Å². The molecule has 3 aromatic heterocycles. The monoisotopic (exact) mass is 285 g/mol. The number of nitriles is 1. The fourth-order valence-corrected chi connectivity index (χ4v) is 2.00. The Hall–Kier alpha value is -3.06. The van der Waals surface area contributed by atoms with Gasteiger partial charge in [0.05, 0.1) is 6.20 Å². The molecule has 0 atom stereocenters. The molecule has 0 aromatic carbocycles. The molecule has 0 amide bonds. The number of nitrogens with two attached hydrogens (primary N) is 2. The molecule has 0 saturated carbocycles. The van der Waals surface area contributed by atoms with Gasteiger partial charge in [-0.2, -0.15) is 9.78 Å². The lowest BCUT2D eigenvalue weighted by molar-refractivity contribution is 0.953. The van der Waals surface area contributed by atoms with Crippen LogP contribution in [0.4, 0.5) is 22.5 Å². The summed E-state index contributed by atoms with van der Waals surface area (Å²) in [4.78, 5) is 8.05. The van der Waals surface area contributed by atoms with Crippen LogP contribution in [0.3, 0.4) is 0 Å². The SMILES string of the molecule is N#Cc1cnc2c(N=Nc3nccs3)c(N)nn2c1N. The highest BCUT2D eigenvalue weighted by atomic mass is 32.1. The van der Waals surface area contributed by atoms with Gasteiger partial charge in [-0.1, -0.05) is 0 Å². The number of nitrogens with zero attached hydrogens (tertiary/aromatic N) is 7. The second-order valence-corrected chi connectivity index (χ2v) is 4.53. The average molecular weight is 285 g/mol. The Morgan fingerprint density at radius 3 is 2.85 bits per heavy atom. The molecule has 0 unspecified atom stereocenters. The summed E-state index contributed by atoms with van der Waals surface area (Å²) in [5, 5.41) is 23.1. The van der Waals surface area contributed by atoms with Crippen LogP contribution in [-0.2, 0) is 0 Å². The molecule has 98 valence electrons. The zero-order chi connectivity index (χ0) is 14.1. The molecule has 0 aliphatic heterocycles. The third kappa shape index (κ3) is 1.82. The molecule has 0 aliphatic rings. The smallest absolute Gasteiger partial charge is 0.229 e. The number of rotatable bonds is 2. The number of hydrogen-bond donors (Lipinski definition) is 2. The van der Waals surface area contributed by atoms with E-state index in [0.717, 1.165) is 0 Å². The summed E-state index contributed by atoms with van der Waals surface area (Å²) in [6.45, 7) is 0. The normalized spacial score (nSPS) is 11.2. The van der Waals surface area contributed by atoms with E-state index in [9.17, 15) is 0 Å². The van der Waals surface area contributed by atoms with Crippen molar-refractivity contribution in [2.45, 2.75) is 0 Å². The molecule has 10 heteroatoms. The van der Waals surface area contributed by atoms with Crippen molar-refractivity contribution in [3.63, 3.8) is 0 Å². The standard InChI is InChI=1S/C10H7N9S/c11-3-5-4-15-9-6(7(12)18-19(9)8(5)13)16-17-10-14-1-2-20-10/h1-2,4H,13H2,(H2,12,18). The van der Waals surface area contributed by atoms with Crippen molar-refractivity contribution in [2.24, 2.45) is 10.2 Å². The molecule has 3 aromatic rings. The number of azo groups is 1. The zero-order valence-electron chi connectivity index (χ0n) is 9.93. The summed E-state index contributed by atoms with van der Waals surface area (Å²) in [5.41, 5.74) is 12.4. The molecule has 3 rings (SSSR count). The molecule has 4 N–H and O–H groups in total. The van der Waals surface area contributed by atoms with Gasteiger partial charge in [-0.15, -0.1) is 26.7 Å². The van der Waals surface area contributed by atoms with Gasteiger partial charge < -0.3 is 11.5 Å². The van der Waals surface area contributed by atoms with Crippen LogP contribution < -0.4 is 11.5 Å². The van der Waals surface area contributed by atoms with Crippen molar-refractivity contribution < 1.29 is 0 Å². The fraction of sp³-hybridized carbons (Fsp3) is 0. The predicted octanol–water partition coefficient (Wildman–Crippen LogP) is 1.64. The number of hydrogen-bond acceptors (Lipinski definition) is 9. The molecule has 0 fully saturated rings. The summed E-state index contributed by atoms with van der Waals surface area (Å²) < 4.78 is 1.27. The van der Waals surface area contributed by atoms with E-state index in [1.807, 2.05) is 6.07 Å². The minimum Gasteiger partial charge on any atom is -0.382 e. The van der Waals surface area contributed by atoms with E-state index in [1.54, 1.807) is 11.6 Å². The molecule has 0 spiro atoms. The van der Waals surface area contributed by atoms with Crippen LogP contribution in [0.2, 0.25) is 0 Å². The minimum absolute atomic E-state index is 0.125. The van der Waals surface area contributed by atoms with Crippen molar-refractivity contribution >= 4 is 39.4 Å². The van der Waals surface area contributed by atoms with Gasteiger partial charge in [-0.05, 0) is 0 Å². The Bertz CT molecular complexity index is 840. The Morgan fingerprint density at radius 1 is 1.30 bits per heavy atom. The summed E-state index contributed by atoms with van der Waals surface area (Å²) >= 11 is 1.34. The number of thiazole rings is 1. The van der Waals surface area contributed by atoms with Gasteiger partial charge in [0.2, 0.25) is 5.13 Å². The molecule has 9 nitrogen and oxygen atoms in total. The highest BCUT2D eigenvalue weighted by molar-refractivity contribution is 7.13. The van der Waals surface area contributed by atoms with Crippen molar-refractivity contribution in [3.05, 3.63) is 23.3 Å². The maximum atomic E-state index is 8.89. The molecular formula is C10H7N9S. The Labute approximate surface area is 116 Å². The van der Waals surface area contributed by atoms with Gasteiger partial charge in [-0.3, -0.25) is 0 Å². The number of aromatic nitrogens is 4. The number of anilines is 2. The molecular weight excluding hydrogens is 278 g/mol. The van der Waals surface area contributed by atoms with Crippen LogP contribution in [-0.4, -0.2) is 19.6 Å². The first-order valence-corrected chi connectivity index (χ1v) is 6.22. The van der Waals surface area contributed by atoms with E-state index in [4.69, 9.17) is 16.7 Å². The second kappa shape index (κ2) is 4.56. The van der Waals surface area contributed by atoms with Crippen molar-refractivity contribution in [2.75, 3.05) is 11.5 Å². The Balaban J connectivity index is 2.15. The van der Waals surface area contributed by atoms with Crippen LogP contribution in [0.5, 0.6) is 0 Å². The van der Waals surface area contributed by atoms with Crippen LogP contribution in [0.15, 0.2) is 28.0 Å². The van der Waals surface area contributed by atoms with Crippen LogP contribution in [0, 0.1) is 11.3 Å². The molecule has 20 heavy (non-hydrogen) atoms. The van der Waals surface area contributed by atoms with E-state index in [1.165, 1.54) is 22.0 Å². The molecule has 0 aliphatic carbocycles. The minimum atomic E-state index is 0.125. The molecule has 0 bridgehead atoms. The first-order valence-electron chi connectivity index (χ1n) is 5.34. The van der Waals surface area contributed by atoms with E-state index in [2.05, 4.69) is 25.3 Å². The highest BCUT2D eigenvalue weighted by Crippen LogP contribution is 2.30. The topological polar surface area (TPSA) is 144 Å². The van der Waals surface area contributed by atoms with E-state index in [-0.39, 0.29) is 22.9 Å². The summed E-state index contributed by atoms with van der Waals surface area (Å²) in [6, 6.07) is 1.92. The van der Waals surface area contributed by atoms with Crippen molar-refractivity contribution in [3.8, 4) is 6.07 Å². The largest absolute Gasteiger partial charge is 0.382 e. The van der Waals surface area contributed by atoms with Gasteiger partial charge >= 0.3 is 0 Å². The highest BCUT2D eigenvalue weighted by Gasteiger charge is 2.15. The first kappa shape index (κ1) is 12.0. The fourth-order valence-electron chi connectivity index (χ4n) is 1.55. The molecule has 3 heterocycles. The third-order valence-electron chi connectivity index (χ3n) is 2.46. The van der Waals surface area contributed by atoms with Gasteiger partial charge in [0.25, 0.3) is 0 Å². The van der Waals surface area contributed by atoms with Gasteiger partial charge in [0.1, 0.15) is 17.5 Å². The van der Waals surface area contributed by atoms with Crippen molar-refractivity contribution in [1.29, 1.82) is 5.26 Å². The van der Waals surface area contributed by atoms with Gasteiger partial charge in [0.15, 0.2) is 17.2 Å². The quantitative estimate of drug-likeness (QED) is 0.685. The van der Waals surface area contributed by atoms with E-state index < -0.39 is 0 Å². The summed E-state index contributed by atoms with van der Waals surface area (Å²) in [7, 11) is 0. The Kier molecular flexibility index (Phi) is 2.73. The molecule has 0 radical (unpaired) electrons. The Morgan fingerprint density at radius 2 is 2.15 bits per heavy atom. The number of fused-ring (bicyclic) bond motifs is 1. The van der Waals surface area contributed by atoms with E-state index in [0.29, 0.717) is 10.8 Å². The maximum absolute atomic E-state index is 8.89. The van der Waals surface area contributed by atoms with E-state index >= 15 is 0 Å². The second-order valence-electron chi connectivity index (χ2n) is 3.65. The maximum Gasteiger partial charge on any atom is 0.229 e. The van der Waals surface area contributed by atoms with Crippen molar-refractivity contribution in [1.82, 2.24) is 19.6 Å². The lowest BCUT2D eigenvalue weighted by Crippen LogP contribution is -2.03.